The van der Waals surface area contributed by atoms with E-state index in [1.54, 1.807) is 25.1 Å². The summed E-state index contributed by atoms with van der Waals surface area (Å²) in [6, 6.07) is 6.42. The van der Waals surface area contributed by atoms with Crippen molar-refractivity contribution in [2.24, 2.45) is 0 Å². The molecular formula is C14H15N5O4. The summed E-state index contributed by atoms with van der Waals surface area (Å²) in [6.45, 7) is 1.98. The largest absolute Gasteiger partial charge is 0.462 e. The minimum absolute atomic E-state index is 0.0235. The van der Waals surface area contributed by atoms with Crippen LogP contribution in [0.25, 0.3) is 0 Å². The van der Waals surface area contributed by atoms with Crippen molar-refractivity contribution >= 4 is 29.0 Å². The van der Waals surface area contributed by atoms with Gasteiger partial charge >= 0.3 is 11.7 Å². The van der Waals surface area contributed by atoms with Crippen molar-refractivity contribution in [1.29, 1.82) is 0 Å². The third-order valence-corrected chi connectivity index (χ3v) is 2.88. The molecule has 0 aliphatic carbocycles. The number of hydrogen-bond acceptors (Lipinski definition) is 8. The Balaban J connectivity index is 2.35. The molecule has 0 spiro atoms. The van der Waals surface area contributed by atoms with Gasteiger partial charge < -0.3 is 15.4 Å². The van der Waals surface area contributed by atoms with E-state index in [1.807, 2.05) is 0 Å². The number of rotatable bonds is 6. The molecule has 120 valence electrons. The molecule has 2 rings (SSSR count). The van der Waals surface area contributed by atoms with Crippen LogP contribution in [0.3, 0.4) is 0 Å². The average Bonchev–Trinajstić information content (AvgIpc) is 2.54. The van der Waals surface area contributed by atoms with Crippen LogP contribution in [-0.4, -0.2) is 34.5 Å². The van der Waals surface area contributed by atoms with Gasteiger partial charge in [-0.1, -0.05) is 6.07 Å². The van der Waals surface area contributed by atoms with Crippen molar-refractivity contribution < 1.29 is 14.5 Å². The van der Waals surface area contributed by atoms with E-state index < -0.39 is 10.9 Å². The molecule has 9 nitrogen and oxygen atoms in total. The topological polar surface area (TPSA) is 119 Å². The highest BCUT2D eigenvalue weighted by atomic mass is 16.6. The summed E-state index contributed by atoms with van der Waals surface area (Å²) in [6.07, 6.45) is 1.20. The van der Waals surface area contributed by atoms with Gasteiger partial charge in [0.1, 0.15) is 6.33 Å². The highest BCUT2D eigenvalue weighted by Gasteiger charge is 2.22. The molecule has 0 unspecified atom stereocenters. The van der Waals surface area contributed by atoms with Gasteiger partial charge in [0, 0.05) is 12.7 Å². The zero-order valence-corrected chi connectivity index (χ0v) is 12.6. The average molecular weight is 317 g/mol. The Kier molecular flexibility index (Phi) is 5.03. The fourth-order valence-corrected chi connectivity index (χ4v) is 1.90. The molecule has 0 fully saturated rings. The molecule has 0 amide bonds. The zero-order valence-electron chi connectivity index (χ0n) is 12.6. The van der Waals surface area contributed by atoms with Gasteiger partial charge in [0.25, 0.3) is 0 Å². The van der Waals surface area contributed by atoms with Crippen LogP contribution in [-0.2, 0) is 4.74 Å². The SMILES string of the molecule is CCOC(=O)c1cccc(Nc2ncnc(NC)c2[N+](=O)[O-])c1. The lowest BCUT2D eigenvalue weighted by molar-refractivity contribution is -0.383. The lowest BCUT2D eigenvalue weighted by atomic mass is 10.2. The number of nitrogens with zero attached hydrogens (tertiary/aromatic N) is 3. The van der Waals surface area contributed by atoms with E-state index in [0.29, 0.717) is 11.3 Å². The van der Waals surface area contributed by atoms with Crippen LogP contribution in [0, 0.1) is 10.1 Å². The lowest BCUT2D eigenvalue weighted by Crippen LogP contribution is -2.07. The smallest absolute Gasteiger partial charge is 0.353 e. The third kappa shape index (κ3) is 3.70. The predicted molar refractivity (Wildman–Crippen MR) is 83.9 cm³/mol. The number of ether oxygens (including phenoxy) is 1. The summed E-state index contributed by atoms with van der Waals surface area (Å²) in [5, 5.41) is 16.7. The number of aromatic nitrogens is 2. The van der Waals surface area contributed by atoms with Gasteiger partial charge in [-0.25, -0.2) is 14.8 Å². The number of carbonyl (C=O) groups excluding carboxylic acids is 1. The molecule has 0 atom stereocenters. The van der Waals surface area contributed by atoms with E-state index in [4.69, 9.17) is 4.74 Å². The van der Waals surface area contributed by atoms with E-state index >= 15 is 0 Å². The Hall–Kier alpha value is -3.23. The maximum atomic E-state index is 11.7. The molecule has 0 saturated heterocycles. The molecule has 0 bridgehead atoms. The molecule has 0 radical (unpaired) electrons. The first kappa shape index (κ1) is 16.1. The maximum absolute atomic E-state index is 11.7. The molecular weight excluding hydrogens is 302 g/mol. The van der Waals surface area contributed by atoms with Crippen LogP contribution in [0.4, 0.5) is 23.0 Å². The maximum Gasteiger partial charge on any atom is 0.353 e. The highest BCUT2D eigenvalue weighted by molar-refractivity contribution is 5.91. The number of anilines is 3. The number of hydrogen-bond donors (Lipinski definition) is 2. The Morgan fingerprint density at radius 2 is 2.09 bits per heavy atom. The summed E-state index contributed by atoms with van der Waals surface area (Å²) in [4.78, 5) is 30.1. The van der Waals surface area contributed by atoms with Gasteiger partial charge in [-0.15, -0.1) is 0 Å². The number of benzene rings is 1. The molecule has 1 aromatic carbocycles. The lowest BCUT2D eigenvalue weighted by Gasteiger charge is -2.09. The van der Waals surface area contributed by atoms with Crippen LogP contribution in [0.2, 0.25) is 0 Å². The van der Waals surface area contributed by atoms with E-state index in [9.17, 15) is 14.9 Å². The summed E-state index contributed by atoms with van der Waals surface area (Å²) in [7, 11) is 1.53. The summed E-state index contributed by atoms with van der Waals surface area (Å²) >= 11 is 0. The molecule has 1 aromatic heterocycles. The highest BCUT2D eigenvalue weighted by Crippen LogP contribution is 2.30. The van der Waals surface area contributed by atoms with E-state index in [1.165, 1.54) is 19.4 Å². The van der Waals surface area contributed by atoms with Crippen molar-refractivity contribution in [2.45, 2.75) is 6.92 Å². The molecule has 0 saturated carbocycles. The van der Waals surface area contributed by atoms with Crippen molar-refractivity contribution in [3.63, 3.8) is 0 Å². The van der Waals surface area contributed by atoms with Gasteiger partial charge in [-0.05, 0) is 25.1 Å². The molecule has 0 aliphatic rings. The monoisotopic (exact) mass is 317 g/mol. The second-order valence-corrected chi connectivity index (χ2v) is 4.35. The third-order valence-electron chi connectivity index (χ3n) is 2.88. The molecule has 23 heavy (non-hydrogen) atoms. The van der Waals surface area contributed by atoms with E-state index in [-0.39, 0.29) is 23.9 Å². The minimum atomic E-state index is -0.580. The number of esters is 1. The summed E-state index contributed by atoms with van der Waals surface area (Å²) in [5.74, 6) is -0.353. The van der Waals surface area contributed by atoms with Crippen LogP contribution in [0.5, 0.6) is 0 Å². The first-order valence-corrected chi connectivity index (χ1v) is 6.78. The molecule has 1 heterocycles. The van der Waals surface area contributed by atoms with Crippen molar-refractivity contribution in [1.82, 2.24) is 9.97 Å². The Labute approximate surface area is 131 Å². The quantitative estimate of drug-likeness (QED) is 0.473. The molecule has 9 heteroatoms. The molecule has 2 N–H and O–H groups in total. The van der Waals surface area contributed by atoms with Gasteiger partial charge in [0.2, 0.25) is 11.6 Å². The standard InChI is InChI=1S/C14H15N5O4/c1-3-23-14(20)9-5-4-6-10(7-9)18-13-11(19(21)22)12(15-2)16-8-17-13/h4-8H,3H2,1-2H3,(H2,15,16,17,18). The van der Waals surface area contributed by atoms with Gasteiger partial charge in [0.15, 0.2) is 0 Å². The van der Waals surface area contributed by atoms with Crippen molar-refractivity contribution in [3.05, 3.63) is 46.3 Å². The predicted octanol–water partition coefficient (Wildman–Crippen LogP) is 2.35. The summed E-state index contributed by atoms with van der Waals surface area (Å²) < 4.78 is 4.92. The fraction of sp³-hybridized carbons (Fsp3) is 0.214. The van der Waals surface area contributed by atoms with Gasteiger partial charge in [0.05, 0.1) is 17.1 Å². The fourth-order valence-electron chi connectivity index (χ4n) is 1.90. The zero-order chi connectivity index (χ0) is 16.8. The molecule has 2 aromatic rings. The number of nitro groups is 1. The minimum Gasteiger partial charge on any atom is -0.462 e. The van der Waals surface area contributed by atoms with E-state index in [0.717, 1.165) is 0 Å². The van der Waals surface area contributed by atoms with Gasteiger partial charge in [-0.2, -0.15) is 0 Å². The normalized spacial score (nSPS) is 10.0. The van der Waals surface area contributed by atoms with Crippen LogP contribution in [0.15, 0.2) is 30.6 Å². The Bertz CT molecular complexity index is 735. The second kappa shape index (κ2) is 7.16. The second-order valence-electron chi connectivity index (χ2n) is 4.35. The van der Waals surface area contributed by atoms with Crippen LogP contribution < -0.4 is 10.6 Å². The molecule has 0 aliphatic heterocycles. The first-order valence-electron chi connectivity index (χ1n) is 6.78. The Morgan fingerprint density at radius 3 is 2.74 bits per heavy atom. The van der Waals surface area contributed by atoms with Crippen LogP contribution in [0.1, 0.15) is 17.3 Å². The first-order chi connectivity index (χ1) is 11.1. The van der Waals surface area contributed by atoms with Crippen molar-refractivity contribution in [3.8, 4) is 0 Å². The van der Waals surface area contributed by atoms with Gasteiger partial charge in [-0.3, -0.25) is 10.1 Å². The number of nitrogens with one attached hydrogen (secondary N) is 2. The van der Waals surface area contributed by atoms with Crippen LogP contribution >= 0.6 is 0 Å². The van der Waals surface area contributed by atoms with Crippen molar-refractivity contribution in [2.75, 3.05) is 24.3 Å². The van der Waals surface area contributed by atoms with E-state index in [2.05, 4.69) is 20.6 Å². The summed E-state index contributed by atoms with van der Waals surface area (Å²) in [5.41, 5.74) is 0.526. The Morgan fingerprint density at radius 1 is 1.35 bits per heavy atom. The number of carbonyl (C=O) groups is 1.